The van der Waals surface area contributed by atoms with Crippen LogP contribution in [0.1, 0.15) is 47.7 Å². The highest BCUT2D eigenvalue weighted by Crippen LogP contribution is 2.26. The molecule has 0 bridgehead atoms. The lowest BCUT2D eigenvalue weighted by atomic mass is 10.1. The third kappa shape index (κ3) is 6.02. The summed E-state index contributed by atoms with van der Waals surface area (Å²) >= 11 is 0. The van der Waals surface area contributed by atoms with Gasteiger partial charge in [0.25, 0.3) is 10.0 Å². The molecule has 3 aromatic rings. The van der Waals surface area contributed by atoms with Crippen LogP contribution < -0.4 is 9.62 Å². The molecule has 0 fully saturated rings. The molecule has 6 heteroatoms. The molecule has 3 aromatic carbocycles. The average molecular weight is 465 g/mol. The number of anilines is 1. The molecule has 0 saturated carbocycles. The number of amides is 1. The van der Waals surface area contributed by atoms with Crippen molar-refractivity contribution in [2.24, 2.45) is 0 Å². The summed E-state index contributed by atoms with van der Waals surface area (Å²) in [5, 5.41) is 2.95. The lowest BCUT2D eigenvalue weighted by molar-refractivity contribution is -0.120. The van der Waals surface area contributed by atoms with Crippen molar-refractivity contribution in [3.63, 3.8) is 0 Å². The number of benzene rings is 3. The SMILES string of the molecule is CCc1ccc(C(C)NC(=O)CN(c2cc(C)cc(C)c2)S(=O)(=O)c2ccc(C)cc2)cc1. The summed E-state index contributed by atoms with van der Waals surface area (Å²) in [6.45, 7) is 9.41. The van der Waals surface area contributed by atoms with E-state index in [4.69, 9.17) is 0 Å². The number of aryl methyl sites for hydroxylation is 4. The molecular formula is C27H32N2O3S. The number of hydrogen-bond donors (Lipinski definition) is 1. The van der Waals surface area contributed by atoms with Crippen LogP contribution in [-0.2, 0) is 21.2 Å². The molecule has 0 aromatic heterocycles. The maximum atomic E-state index is 13.6. The zero-order valence-corrected chi connectivity index (χ0v) is 20.7. The first-order valence-corrected chi connectivity index (χ1v) is 12.6. The van der Waals surface area contributed by atoms with Gasteiger partial charge >= 0.3 is 0 Å². The Labute approximate surface area is 197 Å². The van der Waals surface area contributed by atoms with Crippen LogP contribution in [-0.4, -0.2) is 20.9 Å². The van der Waals surface area contributed by atoms with E-state index in [1.54, 1.807) is 36.4 Å². The fourth-order valence-electron chi connectivity index (χ4n) is 3.79. The standard InChI is InChI=1S/C27H32N2O3S/c1-6-23-9-11-24(12-10-23)22(5)28-27(30)18-29(25-16-20(3)15-21(4)17-25)33(31,32)26-13-7-19(2)8-14-26/h7-17,22H,6,18H2,1-5H3,(H,28,30). The first-order chi connectivity index (χ1) is 15.6. The Morgan fingerprint density at radius 3 is 2.00 bits per heavy atom. The van der Waals surface area contributed by atoms with Gasteiger partial charge in [0.15, 0.2) is 0 Å². The number of rotatable bonds is 8. The van der Waals surface area contributed by atoms with Gasteiger partial charge in [0.1, 0.15) is 6.54 Å². The van der Waals surface area contributed by atoms with E-state index in [0.29, 0.717) is 5.69 Å². The molecule has 0 spiro atoms. The topological polar surface area (TPSA) is 66.5 Å². The van der Waals surface area contributed by atoms with Crippen molar-refractivity contribution in [2.45, 2.75) is 52.0 Å². The Hall–Kier alpha value is -3.12. The van der Waals surface area contributed by atoms with Gasteiger partial charge in [-0.3, -0.25) is 9.10 Å². The van der Waals surface area contributed by atoms with E-state index in [0.717, 1.165) is 28.7 Å². The van der Waals surface area contributed by atoms with E-state index in [1.165, 1.54) is 9.87 Å². The Morgan fingerprint density at radius 1 is 0.879 bits per heavy atom. The normalized spacial score (nSPS) is 12.3. The molecular weight excluding hydrogens is 432 g/mol. The van der Waals surface area contributed by atoms with Gasteiger partial charge in [-0.2, -0.15) is 0 Å². The van der Waals surface area contributed by atoms with Gasteiger partial charge in [-0.25, -0.2) is 8.42 Å². The molecule has 0 aliphatic heterocycles. The predicted octanol–water partition coefficient (Wildman–Crippen LogP) is 5.25. The van der Waals surface area contributed by atoms with Crippen molar-refractivity contribution in [2.75, 3.05) is 10.8 Å². The molecule has 0 saturated heterocycles. The second-order valence-corrected chi connectivity index (χ2v) is 10.4. The van der Waals surface area contributed by atoms with E-state index in [9.17, 15) is 13.2 Å². The lowest BCUT2D eigenvalue weighted by Crippen LogP contribution is -2.41. The molecule has 33 heavy (non-hydrogen) atoms. The van der Waals surface area contributed by atoms with Crippen LogP contribution in [0.3, 0.4) is 0 Å². The van der Waals surface area contributed by atoms with Crippen molar-refractivity contribution in [1.82, 2.24) is 5.32 Å². The first kappa shape index (κ1) is 24.5. The highest BCUT2D eigenvalue weighted by molar-refractivity contribution is 7.92. The van der Waals surface area contributed by atoms with Crippen LogP contribution in [0.2, 0.25) is 0 Å². The molecule has 5 nitrogen and oxygen atoms in total. The van der Waals surface area contributed by atoms with Gasteiger partial charge < -0.3 is 5.32 Å². The molecule has 1 amide bonds. The molecule has 0 aliphatic carbocycles. The summed E-state index contributed by atoms with van der Waals surface area (Å²) in [5.74, 6) is -0.364. The predicted molar refractivity (Wildman–Crippen MR) is 134 cm³/mol. The van der Waals surface area contributed by atoms with Crippen LogP contribution >= 0.6 is 0 Å². The Morgan fingerprint density at radius 2 is 1.45 bits per heavy atom. The van der Waals surface area contributed by atoms with E-state index >= 15 is 0 Å². The minimum absolute atomic E-state index is 0.156. The molecule has 1 atom stereocenters. The summed E-state index contributed by atoms with van der Waals surface area (Å²) < 4.78 is 28.3. The number of sulfonamides is 1. The maximum absolute atomic E-state index is 13.6. The second-order valence-electron chi connectivity index (χ2n) is 8.55. The zero-order chi connectivity index (χ0) is 24.2. The zero-order valence-electron chi connectivity index (χ0n) is 19.9. The van der Waals surface area contributed by atoms with Gasteiger partial charge in [0.05, 0.1) is 16.6 Å². The molecule has 3 rings (SSSR count). The number of hydrogen-bond acceptors (Lipinski definition) is 3. The van der Waals surface area contributed by atoms with Crippen molar-refractivity contribution >= 4 is 21.6 Å². The Balaban J connectivity index is 1.90. The van der Waals surface area contributed by atoms with Gasteiger partial charge in [-0.05, 0) is 80.6 Å². The number of nitrogens with zero attached hydrogens (tertiary/aromatic N) is 1. The van der Waals surface area contributed by atoms with Gasteiger partial charge in [-0.15, -0.1) is 0 Å². The van der Waals surface area contributed by atoms with E-state index < -0.39 is 10.0 Å². The van der Waals surface area contributed by atoms with E-state index in [1.807, 2.05) is 58.0 Å². The first-order valence-electron chi connectivity index (χ1n) is 11.2. The van der Waals surface area contributed by atoms with E-state index in [-0.39, 0.29) is 23.4 Å². The van der Waals surface area contributed by atoms with E-state index in [2.05, 4.69) is 12.2 Å². The van der Waals surface area contributed by atoms with Crippen LogP contribution in [0.25, 0.3) is 0 Å². The molecule has 0 aliphatic rings. The van der Waals surface area contributed by atoms with Gasteiger partial charge in [-0.1, -0.05) is 55.0 Å². The molecule has 1 unspecified atom stereocenters. The number of nitrogens with one attached hydrogen (secondary N) is 1. The summed E-state index contributed by atoms with van der Waals surface area (Å²) in [4.78, 5) is 13.2. The van der Waals surface area contributed by atoms with Gasteiger partial charge in [0, 0.05) is 0 Å². The summed E-state index contributed by atoms with van der Waals surface area (Å²) in [6, 6.07) is 20.1. The second kappa shape index (κ2) is 10.2. The van der Waals surface area contributed by atoms with Crippen molar-refractivity contribution in [1.29, 1.82) is 0 Å². The largest absolute Gasteiger partial charge is 0.348 e. The fraction of sp³-hybridized carbons (Fsp3) is 0.296. The van der Waals surface area contributed by atoms with Crippen LogP contribution in [0.5, 0.6) is 0 Å². The molecule has 1 N–H and O–H groups in total. The van der Waals surface area contributed by atoms with Crippen molar-refractivity contribution in [3.8, 4) is 0 Å². The highest BCUT2D eigenvalue weighted by Gasteiger charge is 2.28. The highest BCUT2D eigenvalue weighted by atomic mass is 32.2. The third-order valence-electron chi connectivity index (χ3n) is 5.66. The fourth-order valence-corrected chi connectivity index (χ4v) is 5.19. The minimum atomic E-state index is -3.94. The molecule has 0 radical (unpaired) electrons. The minimum Gasteiger partial charge on any atom is -0.348 e. The number of carbonyl (C=O) groups excluding carboxylic acids is 1. The quantitative estimate of drug-likeness (QED) is 0.495. The number of carbonyl (C=O) groups is 1. The Bertz CT molecular complexity index is 1200. The maximum Gasteiger partial charge on any atom is 0.264 e. The molecule has 174 valence electrons. The van der Waals surface area contributed by atoms with Crippen LogP contribution in [0, 0.1) is 20.8 Å². The smallest absolute Gasteiger partial charge is 0.264 e. The summed E-state index contributed by atoms with van der Waals surface area (Å²) in [6.07, 6.45) is 0.947. The molecule has 0 heterocycles. The summed E-state index contributed by atoms with van der Waals surface area (Å²) in [7, 11) is -3.94. The van der Waals surface area contributed by atoms with Crippen LogP contribution in [0.4, 0.5) is 5.69 Å². The van der Waals surface area contributed by atoms with Gasteiger partial charge in [0.2, 0.25) is 5.91 Å². The lowest BCUT2D eigenvalue weighted by Gasteiger charge is -2.26. The average Bonchev–Trinajstić information content (AvgIpc) is 2.77. The Kier molecular flexibility index (Phi) is 7.59. The monoisotopic (exact) mass is 464 g/mol. The summed E-state index contributed by atoms with van der Waals surface area (Å²) in [5.41, 5.74) is 5.50. The van der Waals surface area contributed by atoms with Crippen molar-refractivity contribution < 1.29 is 13.2 Å². The van der Waals surface area contributed by atoms with Crippen molar-refractivity contribution in [3.05, 3.63) is 94.5 Å². The van der Waals surface area contributed by atoms with Crippen LogP contribution in [0.15, 0.2) is 71.6 Å². The third-order valence-corrected chi connectivity index (χ3v) is 7.44.